The summed E-state index contributed by atoms with van der Waals surface area (Å²) in [6, 6.07) is 16.5. The number of Topliss-reactive ketones (excluding diaryl/α,β-unsaturated/α-hetero) is 1. The molecule has 0 radical (unpaired) electrons. The Hall–Kier alpha value is -2.04. The highest BCUT2D eigenvalue weighted by Crippen LogP contribution is 2.41. The molecule has 0 aromatic heterocycles. The zero-order valence-corrected chi connectivity index (χ0v) is 14.7. The van der Waals surface area contributed by atoms with Crippen molar-refractivity contribution in [2.24, 2.45) is 5.92 Å². The van der Waals surface area contributed by atoms with Crippen LogP contribution in [-0.2, 0) is 11.3 Å². The molecule has 0 amide bonds. The molecule has 4 rings (SSSR count). The Balaban J connectivity index is 1.61. The van der Waals surface area contributed by atoms with Crippen LogP contribution in [-0.4, -0.2) is 27.9 Å². The lowest BCUT2D eigenvalue weighted by atomic mass is 9.73. The van der Waals surface area contributed by atoms with E-state index in [9.17, 15) is 14.3 Å². The molecule has 2 aliphatic rings. The Morgan fingerprint density at radius 2 is 1.81 bits per heavy atom. The normalized spacial score (nSPS) is 27.3. The van der Waals surface area contributed by atoms with Crippen molar-refractivity contribution in [3.63, 3.8) is 0 Å². The quantitative estimate of drug-likeness (QED) is 0.907. The summed E-state index contributed by atoms with van der Waals surface area (Å²) >= 11 is 0. The number of halogens is 1. The molecule has 2 saturated heterocycles. The van der Waals surface area contributed by atoms with Crippen molar-refractivity contribution in [2.45, 2.75) is 50.4 Å². The molecule has 2 fully saturated rings. The molecule has 3 nitrogen and oxygen atoms in total. The zero-order valence-electron chi connectivity index (χ0n) is 14.7. The van der Waals surface area contributed by atoms with Gasteiger partial charge < -0.3 is 5.11 Å². The van der Waals surface area contributed by atoms with E-state index in [-0.39, 0.29) is 23.7 Å². The van der Waals surface area contributed by atoms with Gasteiger partial charge in [0, 0.05) is 25.0 Å². The molecule has 4 atom stereocenters. The van der Waals surface area contributed by atoms with E-state index < -0.39 is 12.0 Å². The Labute approximate surface area is 153 Å². The van der Waals surface area contributed by atoms with Crippen LogP contribution in [0.4, 0.5) is 4.39 Å². The predicted octanol–water partition coefficient (Wildman–Crippen LogP) is 3.87. The summed E-state index contributed by atoms with van der Waals surface area (Å²) in [6.07, 6.45) is 2.64. The second-order valence-corrected chi connectivity index (χ2v) is 7.50. The van der Waals surface area contributed by atoms with Gasteiger partial charge in [0.15, 0.2) is 0 Å². The molecular weight excluding hydrogens is 329 g/mol. The van der Waals surface area contributed by atoms with Crippen molar-refractivity contribution in [3.8, 4) is 0 Å². The van der Waals surface area contributed by atoms with Gasteiger partial charge in [-0.2, -0.15) is 0 Å². The SMILES string of the molecule is O=C1C[C@@H]2CCC[C@H]([C@H]1[C@@H](O)c1ccc(F)cc1)N2Cc1ccccc1. The molecule has 0 unspecified atom stereocenters. The number of benzene rings is 2. The van der Waals surface area contributed by atoms with Crippen molar-refractivity contribution in [2.75, 3.05) is 0 Å². The van der Waals surface area contributed by atoms with Crippen molar-refractivity contribution in [1.29, 1.82) is 0 Å². The minimum Gasteiger partial charge on any atom is -0.388 e. The van der Waals surface area contributed by atoms with Crippen LogP contribution in [0.15, 0.2) is 54.6 Å². The molecule has 2 aromatic rings. The van der Waals surface area contributed by atoms with Crippen LogP contribution in [0, 0.1) is 11.7 Å². The molecule has 2 bridgehead atoms. The largest absolute Gasteiger partial charge is 0.388 e. The summed E-state index contributed by atoms with van der Waals surface area (Å²) in [5, 5.41) is 10.9. The van der Waals surface area contributed by atoms with E-state index in [1.54, 1.807) is 12.1 Å². The first-order chi connectivity index (χ1) is 12.6. The number of hydrogen-bond acceptors (Lipinski definition) is 3. The standard InChI is InChI=1S/C22H24FNO2/c23-17-11-9-16(10-12-17)22(26)21-19-8-4-7-18(13-20(21)25)24(19)14-15-5-2-1-3-6-15/h1-3,5-6,9-12,18-19,21-22,26H,4,7-8,13-14H2/t18-,19+,21+,22-/m0/s1. The van der Waals surface area contributed by atoms with Gasteiger partial charge in [-0.3, -0.25) is 9.69 Å². The number of piperidine rings is 2. The fourth-order valence-electron chi connectivity index (χ4n) is 4.65. The van der Waals surface area contributed by atoms with E-state index in [4.69, 9.17) is 0 Å². The summed E-state index contributed by atoms with van der Waals surface area (Å²) in [6.45, 7) is 0.802. The highest BCUT2D eigenvalue weighted by molar-refractivity contribution is 5.84. The monoisotopic (exact) mass is 353 g/mol. The third-order valence-corrected chi connectivity index (χ3v) is 5.92. The van der Waals surface area contributed by atoms with Gasteiger partial charge in [0.05, 0.1) is 12.0 Å². The molecule has 2 aromatic carbocycles. The van der Waals surface area contributed by atoms with Crippen LogP contribution in [0.1, 0.15) is 42.9 Å². The first kappa shape index (κ1) is 17.4. The number of rotatable bonds is 4. The fourth-order valence-corrected chi connectivity index (χ4v) is 4.65. The highest BCUT2D eigenvalue weighted by atomic mass is 19.1. The number of carbonyl (C=O) groups excluding carboxylic acids is 1. The second kappa shape index (κ2) is 7.29. The minimum absolute atomic E-state index is 0.0373. The molecule has 136 valence electrons. The number of aliphatic hydroxyl groups is 1. The van der Waals surface area contributed by atoms with Crippen LogP contribution < -0.4 is 0 Å². The maximum absolute atomic E-state index is 13.2. The van der Waals surface area contributed by atoms with Crippen LogP contribution in [0.2, 0.25) is 0 Å². The third-order valence-electron chi connectivity index (χ3n) is 5.92. The van der Waals surface area contributed by atoms with Gasteiger partial charge >= 0.3 is 0 Å². The Morgan fingerprint density at radius 1 is 1.08 bits per heavy atom. The summed E-state index contributed by atoms with van der Waals surface area (Å²) < 4.78 is 13.2. The second-order valence-electron chi connectivity index (χ2n) is 7.50. The van der Waals surface area contributed by atoms with E-state index in [1.807, 2.05) is 18.2 Å². The van der Waals surface area contributed by atoms with Crippen LogP contribution in [0.3, 0.4) is 0 Å². The van der Waals surface area contributed by atoms with Gasteiger partial charge in [-0.05, 0) is 36.1 Å². The molecule has 2 aliphatic heterocycles. The number of ketones is 1. The summed E-state index contributed by atoms with van der Waals surface area (Å²) in [5.41, 5.74) is 1.85. The predicted molar refractivity (Wildman–Crippen MR) is 97.9 cm³/mol. The van der Waals surface area contributed by atoms with Crippen molar-refractivity contribution < 1.29 is 14.3 Å². The van der Waals surface area contributed by atoms with Crippen LogP contribution in [0.25, 0.3) is 0 Å². The molecule has 1 N–H and O–H groups in total. The Kier molecular flexibility index (Phi) is 4.88. The lowest BCUT2D eigenvalue weighted by molar-refractivity contribution is -0.142. The number of fused-ring (bicyclic) bond motifs is 2. The Morgan fingerprint density at radius 3 is 2.54 bits per heavy atom. The fraction of sp³-hybridized carbons (Fsp3) is 0.409. The molecule has 0 aliphatic carbocycles. The van der Waals surface area contributed by atoms with Gasteiger partial charge in [-0.25, -0.2) is 4.39 Å². The highest BCUT2D eigenvalue weighted by Gasteiger charge is 2.47. The van der Waals surface area contributed by atoms with Gasteiger partial charge in [-0.15, -0.1) is 0 Å². The van der Waals surface area contributed by atoms with Gasteiger partial charge in [0.2, 0.25) is 0 Å². The summed E-state index contributed by atoms with van der Waals surface area (Å²) in [7, 11) is 0. The smallest absolute Gasteiger partial charge is 0.142 e. The van der Waals surface area contributed by atoms with E-state index in [1.165, 1.54) is 17.7 Å². The Bertz CT molecular complexity index is 761. The van der Waals surface area contributed by atoms with E-state index in [0.29, 0.717) is 12.0 Å². The van der Waals surface area contributed by atoms with Crippen LogP contribution >= 0.6 is 0 Å². The number of hydrogen-bond donors (Lipinski definition) is 1. The molecular formula is C22H24FNO2. The average molecular weight is 353 g/mol. The van der Waals surface area contributed by atoms with Crippen molar-refractivity contribution in [3.05, 3.63) is 71.5 Å². The van der Waals surface area contributed by atoms with Gasteiger partial charge in [0.25, 0.3) is 0 Å². The average Bonchev–Trinajstić information content (AvgIpc) is 2.64. The summed E-state index contributed by atoms with van der Waals surface area (Å²) in [4.78, 5) is 15.2. The topological polar surface area (TPSA) is 40.5 Å². The van der Waals surface area contributed by atoms with E-state index >= 15 is 0 Å². The lowest BCUT2D eigenvalue weighted by Crippen LogP contribution is -2.58. The van der Waals surface area contributed by atoms with Crippen molar-refractivity contribution in [1.82, 2.24) is 4.90 Å². The third kappa shape index (κ3) is 3.31. The molecule has 0 saturated carbocycles. The first-order valence-electron chi connectivity index (χ1n) is 9.39. The summed E-state index contributed by atoms with van der Waals surface area (Å²) in [5.74, 6) is -0.638. The molecule has 2 heterocycles. The van der Waals surface area contributed by atoms with Gasteiger partial charge in [-0.1, -0.05) is 48.9 Å². The number of nitrogens with zero attached hydrogens (tertiary/aromatic N) is 1. The van der Waals surface area contributed by atoms with E-state index in [2.05, 4.69) is 17.0 Å². The van der Waals surface area contributed by atoms with Crippen molar-refractivity contribution >= 4 is 5.78 Å². The zero-order chi connectivity index (χ0) is 18.1. The molecule has 4 heteroatoms. The van der Waals surface area contributed by atoms with E-state index in [0.717, 1.165) is 25.8 Å². The molecule has 0 spiro atoms. The lowest BCUT2D eigenvalue weighted by Gasteiger charge is -2.50. The number of aliphatic hydroxyl groups excluding tert-OH is 1. The first-order valence-corrected chi connectivity index (χ1v) is 9.39. The minimum atomic E-state index is -0.884. The van der Waals surface area contributed by atoms with Gasteiger partial charge in [0.1, 0.15) is 11.6 Å². The number of carbonyl (C=O) groups is 1. The molecule has 26 heavy (non-hydrogen) atoms. The maximum atomic E-state index is 13.2. The maximum Gasteiger partial charge on any atom is 0.142 e. The van der Waals surface area contributed by atoms with Crippen LogP contribution in [0.5, 0.6) is 0 Å².